The Kier molecular flexibility index (Phi) is 23.8. The Hall–Kier alpha value is -0.140. The molecule has 0 aromatic rings. The molecule has 0 saturated heterocycles. The van der Waals surface area contributed by atoms with E-state index in [9.17, 15) is 9.59 Å². The second-order valence-electron chi connectivity index (χ2n) is 7.03. The fraction of sp³-hybridized carbons (Fsp3) is 0.900. The minimum Gasteiger partial charge on any atom is -0.480 e. The fourth-order valence-electron chi connectivity index (χ4n) is 2.99. The van der Waals surface area contributed by atoms with Gasteiger partial charge in [0.05, 0.1) is 13.2 Å². The molecule has 0 bridgehead atoms. The molecule has 0 aliphatic heterocycles. The van der Waals surface area contributed by atoms with Crippen LogP contribution in [0.2, 0.25) is 0 Å². The summed E-state index contributed by atoms with van der Waals surface area (Å²) in [6.45, 7) is 3.21. The van der Waals surface area contributed by atoms with Crippen molar-refractivity contribution in [2.75, 3.05) is 32.8 Å². The van der Waals surface area contributed by atoms with Crippen LogP contribution in [0.5, 0.6) is 0 Å². The summed E-state index contributed by atoms with van der Waals surface area (Å²) in [5.41, 5.74) is 0. The number of nitrogens with one attached hydrogen (secondary N) is 1. The number of aliphatic hydroxyl groups is 1. The molecule has 0 atom stereocenters. The monoisotopic (exact) mass is 395 g/mol. The summed E-state index contributed by atoms with van der Waals surface area (Å²) in [4.78, 5) is 24.1. The molecule has 1 amide bonds. The third-order valence-electron chi connectivity index (χ3n) is 4.53. The van der Waals surface area contributed by atoms with Gasteiger partial charge in [0, 0.05) is 55.6 Å². The molecular formula is C20H40N2NaO4. The van der Waals surface area contributed by atoms with Crippen LogP contribution in [0.15, 0.2) is 0 Å². The van der Waals surface area contributed by atoms with Crippen LogP contribution in [-0.2, 0) is 9.59 Å². The maximum atomic E-state index is 11.8. The van der Waals surface area contributed by atoms with Gasteiger partial charge in [-0.1, -0.05) is 71.1 Å². The number of carboxylic acids is 1. The predicted octanol–water partition coefficient (Wildman–Crippen LogP) is 2.80. The van der Waals surface area contributed by atoms with Gasteiger partial charge >= 0.3 is 5.97 Å². The molecule has 0 saturated carbocycles. The summed E-state index contributed by atoms with van der Waals surface area (Å²) in [7, 11) is 0. The Labute approximate surface area is 187 Å². The van der Waals surface area contributed by atoms with E-state index < -0.39 is 5.97 Å². The number of hydrogen-bond acceptors (Lipinski definition) is 4. The number of hydrogen-bond donors (Lipinski definition) is 3. The van der Waals surface area contributed by atoms with E-state index in [4.69, 9.17) is 10.2 Å². The van der Waals surface area contributed by atoms with E-state index in [-0.39, 0.29) is 48.6 Å². The topological polar surface area (TPSA) is 89.9 Å². The smallest absolute Gasteiger partial charge is 0.317 e. The van der Waals surface area contributed by atoms with Gasteiger partial charge in [0.1, 0.15) is 0 Å². The third kappa shape index (κ3) is 22.0. The number of rotatable bonds is 19. The standard InChI is InChI=1S/C20H40N2O4.Na/c1-2-3-4-5-6-7-8-9-10-11-12-13-19(24)21-14-15-22(16-17-23)18-20(25)26;/h23H,2-18H2,1H3,(H,21,24)(H,25,26);. The van der Waals surface area contributed by atoms with E-state index in [0.29, 0.717) is 26.1 Å². The van der Waals surface area contributed by atoms with Crippen LogP contribution < -0.4 is 5.32 Å². The first kappa shape index (κ1) is 29.1. The summed E-state index contributed by atoms with van der Waals surface area (Å²) in [6, 6.07) is 0. The number of carbonyl (C=O) groups is 2. The second-order valence-corrected chi connectivity index (χ2v) is 7.03. The van der Waals surface area contributed by atoms with E-state index in [0.717, 1.165) is 12.8 Å². The Balaban J connectivity index is 0. The van der Waals surface area contributed by atoms with Gasteiger partial charge in [-0.25, -0.2) is 0 Å². The van der Waals surface area contributed by atoms with Crippen LogP contribution in [0.3, 0.4) is 0 Å². The van der Waals surface area contributed by atoms with Gasteiger partial charge in [-0.05, 0) is 6.42 Å². The van der Waals surface area contributed by atoms with Gasteiger partial charge in [0.15, 0.2) is 0 Å². The zero-order valence-corrected chi connectivity index (χ0v) is 19.7. The number of unbranched alkanes of at least 4 members (excludes halogenated alkanes) is 10. The van der Waals surface area contributed by atoms with Crippen molar-refractivity contribution in [2.24, 2.45) is 0 Å². The van der Waals surface area contributed by atoms with Crippen molar-refractivity contribution in [2.45, 2.75) is 84.0 Å². The average Bonchev–Trinajstić information content (AvgIpc) is 2.59. The normalized spacial score (nSPS) is 10.6. The van der Waals surface area contributed by atoms with E-state index >= 15 is 0 Å². The van der Waals surface area contributed by atoms with E-state index in [1.807, 2.05) is 0 Å². The molecule has 7 heteroatoms. The van der Waals surface area contributed by atoms with Gasteiger partial charge in [-0.2, -0.15) is 0 Å². The molecule has 1 radical (unpaired) electrons. The van der Waals surface area contributed by atoms with Crippen molar-refractivity contribution in [3.05, 3.63) is 0 Å². The first-order chi connectivity index (χ1) is 12.6. The number of carboxylic acid groups (broad SMARTS) is 1. The third-order valence-corrected chi connectivity index (χ3v) is 4.53. The van der Waals surface area contributed by atoms with E-state index in [1.165, 1.54) is 57.8 Å². The van der Waals surface area contributed by atoms with Gasteiger partial charge in [-0.15, -0.1) is 0 Å². The van der Waals surface area contributed by atoms with Crippen LogP contribution in [0.25, 0.3) is 0 Å². The maximum absolute atomic E-state index is 11.8. The zero-order chi connectivity index (χ0) is 19.5. The quantitative estimate of drug-likeness (QED) is 0.231. The maximum Gasteiger partial charge on any atom is 0.317 e. The molecule has 0 heterocycles. The van der Waals surface area contributed by atoms with Crippen LogP contribution in [0.1, 0.15) is 84.0 Å². The Morgan fingerprint density at radius 1 is 0.852 bits per heavy atom. The van der Waals surface area contributed by atoms with Crippen LogP contribution in [0.4, 0.5) is 0 Å². The molecule has 0 aromatic heterocycles. The van der Waals surface area contributed by atoms with Crippen molar-refractivity contribution in [3.8, 4) is 0 Å². The molecule has 6 nitrogen and oxygen atoms in total. The fourth-order valence-corrected chi connectivity index (χ4v) is 2.99. The Bertz CT molecular complexity index is 357. The predicted molar refractivity (Wildman–Crippen MR) is 111 cm³/mol. The molecule has 0 aliphatic rings. The summed E-state index contributed by atoms with van der Waals surface area (Å²) in [6.07, 6.45) is 14.4. The molecule has 3 N–H and O–H groups in total. The number of aliphatic carboxylic acids is 1. The van der Waals surface area contributed by atoms with E-state index in [1.54, 1.807) is 4.90 Å². The molecule has 0 spiro atoms. The van der Waals surface area contributed by atoms with Crippen LogP contribution >= 0.6 is 0 Å². The van der Waals surface area contributed by atoms with E-state index in [2.05, 4.69) is 12.2 Å². The largest absolute Gasteiger partial charge is 0.480 e. The van der Waals surface area contributed by atoms with Crippen LogP contribution in [-0.4, -0.2) is 89.3 Å². The van der Waals surface area contributed by atoms with Crippen molar-refractivity contribution >= 4 is 41.4 Å². The molecule has 0 aromatic carbocycles. The molecule has 0 aliphatic carbocycles. The summed E-state index contributed by atoms with van der Waals surface area (Å²) in [5.74, 6) is -0.897. The molecular weight excluding hydrogens is 355 g/mol. The molecule has 0 rings (SSSR count). The van der Waals surface area contributed by atoms with Crippen LogP contribution in [0, 0.1) is 0 Å². The van der Waals surface area contributed by atoms with Crippen molar-refractivity contribution < 1.29 is 19.8 Å². The number of aliphatic hydroxyl groups excluding tert-OH is 1. The Morgan fingerprint density at radius 3 is 1.85 bits per heavy atom. The summed E-state index contributed by atoms with van der Waals surface area (Å²) >= 11 is 0. The molecule has 155 valence electrons. The van der Waals surface area contributed by atoms with Gasteiger partial charge in [-0.3, -0.25) is 14.5 Å². The average molecular weight is 396 g/mol. The first-order valence-corrected chi connectivity index (χ1v) is 10.4. The number of amides is 1. The van der Waals surface area contributed by atoms with Crippen molar-refractivity contribution in [1.29, 1.82) is 0 Å². The van der Waals surface area contributed by atoms with Gasteiger partial charge in [0.2, 0.25) is 5.91 Å². The zero-order valence-electron chi connectivity index (χ0n) is 17.7. The van der Waals surface area contributed by atoms with Gasteiger partial charge < -0.3 is 15.5 Å². The minimum absolute atomic E-state index is 0. The minimum atomic E-state index is -0.925. The van der Waals surface area contributed by atoms with Crippen molar-refractivity contribution in [1.82, 2.24) is 10.2 Å². The molecule has 27 heavy (non-hydrogen) atoms. The SMILES string of the molecule is CCCCCCCCCCCCCC(=O)NCCN(CCO)CC(=O)O.[Na]. The summed E-state index contributed by atoms with van der Waals surface area (Å²) in [5, 5.41) is 20.5. The number of nitrogens with zero attached hydrogens (tertiary/aromatic N) is 1. The summed E-state index contributed by atoms with van der Waals surface area (Å²) < 4.78 is 0. The van der Waals surface area contributed by atoms with Crippen molar-refractivity contribution in [3.63, 3.8) is 0 Å². The number of carbonyl (C=O) groups excluding carboxylic acids is 1. The van der Waals surface area contributed by atoms with Gasteiger partial charge in [0.25, 0.3) is 0 Å². The Morgan fingerprint density at radius 2 is 1.37 bits per heavy atom. The first-order valence-electron chi connectivity index (χ1n) is 10.4. The second kappa shape index (κ2) is 22.2. The molecule has 0 unspecified atom stereocenters. The molecule has 0 fully saturated rings.